The van der Waals surface area contributed by atoms with Crippen LogP contribution in [0.5, 0.6) is 11.5 Å². The molecule has 1 aliphatic carbocycles. The lowest BCUT2D eigenvalue weighted by Crippen LogP contribution is -2.55. The highest BCUT2D eigenvalue weighted by molar-refractivity contribution is 5.84. The summed E-state index contributed by atoms with van der Waals surface area (Å²) >= 11 is 0. The molecule has 25 heavy (non-hydrogen) atoms. The summed E-state index contributed by atoms with van der Waals surface area (Å²) in [7, 11) is 0. The first-order valence-corrected chi connectivity index (χ1v) is 7.59. The van der Waals surface area contributed by atoms with Crippen molar-refractivity contribution in [1.29, 1.82) is 0 Å². The monoisotopic (exact) mass is 356 g/mol. The first kappa shape index (κ1) is 19.1. The number of aromatic hydroxyl groups is 2. The lowest BCUT2D eigenvalue weighted by Gasteiger charge is -2.39. The SMILES string of the molecule is O=C(C[C@@H](O)c1ccc(O)c(O)c1)[C@H]1[C@H](O)C[C@](O)(C(=O)O)C[C@H]1O. The molecule has 0 bridgehead atoms. The number of hydrogen-bond acceptors (Lipinski definition) is 8. The number of phenolic OH excluding ortho intramolecular Hbond substituents is 2. The third kappa shape index (κ3) is 3.90. The third-order valence-electron chi connectivity index (χ3n) is 4.47. The van der Waals surface area contributed by atoms with E-state index in [9.17, 15) is 40.2 Å². The van der Waals surface area contributed by atoms with Crippen LogP contribution in [0.4, 0.5) is 0 Å². The number of carboxylic acid groups (broad SMARTS) is 1. The summed E-state index contributed by atoms with van der Waals surface area (Å²) in [6, 6.07) is 3.50. The topological polar surface area (TPSA) is 176 Å². The second kappa shape index (κ2) is 6.96. The number of carbonyl (C=O) groups excluding carboxylic acids is 1. The van der Waals surface area contributed by atoms with E-state index in [0.29, 0.717) is 0 Å². The minimum Gasteiger partial charge on any atom is -0.504 e. The molecule has 9 heteroatoms. The maximum Gasteiger partial charge on any atom is 0.335 e. The van der Waals surface area contributed by atoms with E-state index >= 15 is 0 Å². The van der Waals surface area contributed by atoms with E-state index in [1.54, 1.807) is 0 Å². The van der Waals surface area contributed by atoms with Gasteiger partial charge in [0.25, 0.3) is 0 Å². The predicted molar refractivity (Wildman–Crippen MR) is 81.7 cm³/mol. The fourth-order valence-corrected chi connectivity index (χ4v) is 3.08. The second-order valence-corrected chi connectivity index (χ2v) is 6.34. The average molecular weight is 356 g/mol. The van der Waals surface area contributed by atoms with Crippen LogP contribution in [0.3, 0.4) is 0 Å². The van der Waals surface area contributed by atoms with Crippen LogP contribution in [0.15, 0.2) is 18.2 Å². The van der Waals surface area contributed by atoms with Crippen LogP contribution >= 0.6 is 0 Å². The molecule has 3 atom stereocenters. The van der Waals surface area contributed by atoms with Crippen LogP contribution < -0.4 is 0 Å². The lowest BCUT2D eigenvalue weighted by atomic mass is 9.72. The van der Waals surface area contributed by atoms with Gasteiger partial charge in [-0.05, 0) is 17.7 Å². The summed E-state index contributed by atoms with van der Waals surface area (Å²) < 4.78 is 0. The van der Waals surface area contributed by atoms with E-state index < -0.39 is 72.3 Å². The number of carbonyl (C=O) groups is 2. The Morgan fingerprint density at radius 1 is 1.12 bits per heavy atom. The molecule has 0 spiro atoms. The van der Waals surface area contributed by atoms with Gasteiger partial charge in [-0.3, -0.25) is 4.79 Å². The second-order valence-electron chi connectivity index (χ2n) is 6.34. The minimum absolute atomic E-state index is 0.144. The van der Waals surface area contributed by atoms with Crippen LogP contribution in [0, 0.1) is 5.92 Å². The van der Waals surface area contributed by atoms with Crippen molar-refractivity contribution >= 4 is 11.8 Å². The number of carboxylic acids is 1. The highest BCUT2D eigenvalue weighted by Gasteiger charge is 2.51. The maximum atomic E-state index is 12.3. The summed E-state index contributed by atoms with van der Waals surface area (Å²) in [6.07, 6.45) is -6.28. The normalized spacial score (nSPS) is 30.6. The van der Waals surface area contributed by atoms with Gasteiger partial charge in [-0.2, -0.15) is 0 Å². The number of aliphatic carboxylic acids is 1. The molecule has 138 valence electrons. The molecule has 2 rings (SSSR count). The lowest BCUT2D eigenvalue weighted by molar-refractivity contribution is -0.181. The van der Waals surface area contributed by atoms with Gasteiger partial charge < -0.3 is 35.7 Å². The minimum atomic E-state index is -2.32. The van der Waals surface area contributed by atoms with Gasteiger partial charge in [-0.15, -0.1) is 0 Å². The summed E-state index contributed by atoms with van der Waals surface area (Å²) in [4.78, 5) is 23.3. The Kier molecular flexibility index (Phi) is 5.33. The molecular weight excluding hydrogens is 336 g/mol. The smallest absolute Gasteiger partial charge is 0.335 e. The highest BCUT2D eigenvalue weighted by atomic mass is 16.4. The Labute approximate surface area is 142 Å². The van der Waals surface area contributed by atoms with Crippen LogP contribution in [0.25, 0.3) is 0 Å². The number of phenols is 2. The zero-order chi connectivity index (χ0) is 18.9. The quantitative estimate of drug-likeness (QED) is 0.327. The molecule has 0 unspecified atom stereocenters. The maximum absolute atomic E-state index is 12.3. The van der Waals surface area contributed by atoms with E-state index in [0.717, 1.165) is 12.1 Å². The van der Waals surface area contributed by atoms with E-state index in [4.69, 9.17) is 5.11 Å². The number of rotatable bonds is 5. The third-order valence-corrected chi connectivity index (χ3v) is 4.47. The standard InChI is InChI=1S/C16H20O9/c17-8-2-1-7(3-10(8)19)9(18)4-11(20)14-12(21)5-16(25,15(23)24)6-13(14)22/h1-3,9,12-14,17-19,21-22,25H,4-6H2,(H,23,24)/t9-,12-,13-,14-,16+/m1/s1. The zero-order valence-electron chi connectivity index (χ0n) is 13.1. The van der Waals surface area contributed by atoms with Crippen molar-refractivity contribution in [2.75, 3.05) is 0 Å². The first-order chi connectivity index (χ1) is 11.5. The van der Waals surface area contributed by atoms with E-state index in [1.807, 2.05) is 0 Å². The molecular formula is C16H20O9. The van der Waals surface area contributed by atoms with Gasteiger partial charge >= 0.3 is 5.97 Å². The van der Waals surface area contributed by atoms with E-state index in [-0.39, 0.29) is 5.56 Å². The molecule has 0 amide bonds. The summed E-state index contributed by atoms with van der Waals surface area (Å²) in [6.45, 7) is 0. The Morgan fingerprint density at radius 2 is 1.68 bits per heavy atom. The zero-order valence-corrected chi connectivity index (χ0v) is 13.1. The van der Waals surface area contributed by atoms with E-state index in [2.05, 4.69) is 0 Å². The van der Waals surface area contributed by atoms with Gasteiger partial charge in [0.1, 0.15) is 5.78 Å². The first-order valence-electron chi connectivity index (χ1n) is 7.59. The molecule has 1 aromatic rings. The van der Waals surface area contributed by atoms with E-state index in [1.165, 1.54) is 6.07 Å². The summed E-state index contributed by atoms with van der Waals surface area (Å²) in [5.74, 6) is -4.54. The molecule has 7 N–H and O–H groups in total. The van der Waals surface area contributed by atoms with Gasteiger partial charge in [0.2, 0.25) is 0 Å². The summed E-state index contributed by atoms with van der Waals surface area (Å²) in [5.41, 5.74) is -2.18. The van der Waals surface area contributed by atoms with Crippen LogP contribution in [0.1, 0.15) is 30.9 Å². The number of ketones is 1. The van der Waals surface area contributed by atoms with Gasteiger partial charge in [0, 0.05) is 19.3 Å². The number of hydrogen-bond donors (Lipinski definition) is 7. The molecule has 0 saturated heterocycles. The van der Waals surface area contributed by atoms with Crippen molar-refractivity contribution in [2.45, 2.75) is 43.2 Å². The van der Waals surface area contributed by atoms with Crippen LogP contribution in [0.2, 0.25) is 0 Å². The number of benzene rings is 1. The summed E-state index contributed by atoms with van der Waals surface area (Å²) in [5, 5.41) is 67.6. The Hall–Kier alpha value is -2.20. The largest absolute Gasteiger partial charge is 0.504 e. The van der Waals surface area contributed by atoms with Gasteiger partial charge in [0.05, 0.1) is 24.2 Å². The van der Waals surface area contributed by atoms with Crippen molar-refractivity contribution in [3.63, 3.8) is 0 Å². The number of aliphatic hydroxyl groups excluding tert-OH is 3. The Bertz CT molecular complexity index is 660. The fraction of sp³-hybridized carbons (Fsp3) is 0.500. The highest BCUT2D eigenvalue weighted by Crippen LogP contribution is 2.36. The number of aliphatic hydroxyl groups is 4. The molecule has 0 aromatic heterocycles. The molecule has 0 radical (unpaired) electrons. The molecule has 9 nitrogen and oxygen atoms in total. The average Bonchev–Trinajstić information content (AvgIpc) is 2.48. The van der Waals surface area contributed by atoms with Gasteiger partial charge in [-0.25, -0.2) is 4.79 Å². The molecule has 0 aliphatic heterocycles. The Balaban J connectivity index is 2.09. The van der Waals surface area contributed by atoms with Crippen molar-refractivity contribution in [2.24, 2.45) is 5.92 Å². The van der Waals surface area contributed by atoms with Crippen molar-refractivity contribution < 1.29 is 45.3 Å². The fourth-order valence-electron chi connectivity index (χ4n) is 3.08. The van der Waals surface area contributed by atoms with Crippen molar-refractivity contribution in [3.8, 4) is 11.5 Å². The molecule has 1 aliphatic rings. The predicted octanol–water partition coefficient (Wildman–Crippen LogP) is -0.962. The number of Topliss-reactive ketones (excluding diaryl/α,β-unsaturated/α-hetero) is 1. The molecule has 1 saturated carbocycles. The Morgan fingerprint density at radius 3 is 2.16 bits per heavy atom. The molecule has 1 fully saturated rings. The van der Waals surface area contributed by atoms with Crippen LogP contribution in [-0.2, 0) is 9.59 Å². The van der Waals surface area contributed by atoms with Gasteiger partial charge in [-0.1, -0.05) is 6.07 Å². The molecule has 0 heterocycles. The van der Waals surface area contributed by atoms with Crippen molar-refractivity contribution in [1.82, 2.24) is 0 Å². The van der Waals surface area contributed by atoms with Gasteiger partial charge in [0.15, 0.2) is 17.1 Å². The van der Waals surface area contributed by atoms with Crippen LogP contribution in [-0.4, -0.2) is 65.3 Å². The van der Waals surface area contributed by atoms with Crippen molar-refractivity contribution in [3.05, 3.63) is 23.8 Å². The molecule has 1 aromatic carbocycles.